The minimum Gasteiger partial charge on any atom is -0.494 e. The molecule has 1 aromatic heterocycles. The molecule has 0 saturated heterocycles. The van der Waals surface area contributed by atoms with Crippen molar-refractivity contribution < 1.29 is 23.4 Å². The van der Waals surface area contributed by atoms with Crippen molar-refractivity contribution in [2.75, 3.05) is 27.4 Å². The molecule has 5 rings (SSSR count). The Bertz CT molecular complexity index is 1640. The SMILES string of the molecule is CCCCCOc1cccc(C2c3c(oc4cc(C)cc(C)c4c3=O)C(=O)N2CCc2ccc(OC)c(OC)c2)c1. The number of nitrogens with zero attached hydrogens (tertiary/aromatic N) is 1. The largest absolute Gasteiger partial charge is 0.494 e. The topological polar surface area (TPSA) is 78.2 Å². The van der Waals surface area contributed by atoms with E-state index in [1.165, 1.54) is 0 Å². The Kier molecular flexibility index (Phi) is 8.34. The minimum absolute atomic E-state index is 0.110. The quantitative estimate of drug-likeness (QED) is 0.190. The molecule has 4 aromatic rings. The summed E-state index contributed by atoms with van der Waals surface area (Å²) in [6, 6.07) is 16.6. The summed E-state index contributed by atoms with van der Waals surface area (Å²) in [6.07, 6.45) is 3.73. The van der Waals surface area contributed by atoms with Gasteiger partial charge in [-0.25, -0.2) is 0 Å². The highest BCUT2D eigenvalue weighted by molar-refractivity contribution is 5.99. The zero-order valence-electron chi connectivity index (χ0n) is 24.4. The van der Waals surface area contributed by atoms with E-state index in [0.717, 1.165) is 47.3 Å². The molecule has 0 fully saturated rings. The number of unbranched alkanes of at least 4 members (excludes halogenated alkanes) is 2. The molecule has 0 radical (unpaired) electrons. The summed E-state index contributed by atoms with van der Waals surface area (Å²) >= 11 is 0. The highest BCUT2D eigenvalue weighted by Crippen LogP contribution is 2.40. The summed E-state index contributed by atoms with van der Waals surface area (Å²) in [5.41, 5.74) is 4.25. The summed E-state index contributed by atoms with van der Waals surface area (Å²) in [5, 5.41) is 0.515. The Hall–Kier alpha value is -4.26. The third kappa shape index (κ3) is 5.53. The summed E-state index contributed by atoms with van der Waals surface area (Å²) in [4.78, 5) is 29.8. The van der Waals surface area contributed by atoms with Crippen LogP contribution in [0, 0.1) is 13.8 Å². The Morgan fingerprint density at radius 2 is 1.73 bits per heavy atom. The second-order valence-corrected chi connectivity index (χ2v) is 10.6. The van der Waals surface area contributed by atoms with Gasteiger partial charge < -0.3 is 23.5 Å². The second kappa shape index (κ2) is 12.1. The highest BCUT2D eigenvalue weighted by Gasteiger charge is 2.42. The molecule has 214 valence electrons. The lowest BCUT2D eigenvalue weighted by molar-refractivity contribution is 0.0729. The summed E-state index contributed by atoms with van der Waals surface area (Å²) < 4.78 is 23.1. The number of hydrogen-bond donors (Lipinski definition) is 0. The average molecular weight is 556 g/mol. The van der Waals surface area contributed by atoms with E-state index in [2.05, 4.69) is 6.92 Å². The predicted molar refractivity (Wildman–Crippen MR) is 160 cm³/mol. The number of ether oxygens (including phenoxy) is 3. The van der Waals surface area contributed by atoms with Gasteiger partial charge in [-0.2, -0.15) is 0 Å². The summed E-state index contributed by atoms with van der Waals surface area (Å²) in [5.74, 6) is 1.80. The van der Waals surface area contributed by atoms with E-state index in [4.69, 9.17) is 18.6 Å². The molecule has 0 bridgehead atoms. The Morgan fingerprint density at radius 1 is 0.927 bits per heavy atom. The van der Waals surface area contributed by atoms with Crippen LogP contribution in [0.4, 0.5) is 0 Å². The maximum atomic E-state index is 14.1. The molecule has 1 atom stereocenters. The van der Waals surface area contributed by atoms with Crippen molar-refractivity contribution in [1.29, 1.82) is 0 Å². The number of methoxy groups -OCH3 is 2. The fourth-order valence-electron chi connectivity index (χ4n) is 5.69. The van der Waals surface area contributed by atoms with Crippen molar-refractivity contribution in [3.8, 4) is 17.2 Å². The lowest BCUT2D eigenvalue weighted by Crippen LogP contribution is -2.31. The third-order valence-corrected chi connectivity index (χ3v) is 7.69. The summed E-state index contributed by atoms with van der Waals surface area (Å²) in [6.45, 7) is 7.00. The van der Waals surface area contributed by atoms with Crippen LogP contribution in [-0.4, -0.2) is 38.2 Å². The molecule has 2 heterocycles. The van der Waals surface area contributed by atoms with Gasteiger partial charge in [0.2, 0.25) is 5.76 Å². The molecule has 3 aromatic carbocycles. The monoisotopic (exact) mass is 555 g/mol. The van der Waals surface area contributed by atoms with Gasteiger partial charge in [0.25, 0.3) is 5.91 Å². The van der Waals surface area contributed by atoms with Crippen LogP contribution in [0.3, 0.4) is 0 Å². The summed E-state index contributed by atoms with van der Waals surface area (Å²) in [7, 11) is 3.20. The number of benzene rings is 3. The first-order valence-electron chi connectivity index (χ1n) is 14.2. The Labute approximate surface area is 240 Å². The molecule has 0 N–H and O–H groups in total. The first-order chi connectivity index (χ1) is 19.9. The molecule has 1 unspecified atom stereocenters. The van der Waals surface area contributed by atoms with E-state index in [9.17, 15) is 9.59 Å². The van der Waals surface area contributed by atoms with E-state index >= 15 is 0 Å². The van der Waals surface area contributed by atoms with Crippen molar-refractivity contribution in [2.24, 2.45) is 0 Å². The van der Waals surface area contributed by atoms with Crippen LogP contribution in [0.5, 0.6) is 17.2 Å². The number of hydrogen-bond acceptors (Lipinski definition) is 6. The maximum Gasteiger partial charge on any atom is 0.290 e. The number of carbonyl (C=O) groups excluding carboxylic acids is 1. The molecule has 7 heteroatoms. The lowest BCUT2D eigenvalue weighted by atomic mass is 9.96. The van der Waals surface area contributed by atoms with Gasteiger partial charge in [-0.3, -0.25) is 9.59 Å². The fourth-order valence-corrected chi connectivity index (χ4v) is 5.69. The standard InChI is InChI=1S/C34H37NO6/c1-6-7-8-16-40-25-11-9-10-24(20-25)31-30-32(36)29-22(3)17-21(2)18-28(29)41-33(30)34(37)35(31)15-14-23-12-13-26(38-4)27(19-23)39-5/h9-13,17-20,31H,6-8,14-16H2,1-5H3. The van der Waals surface area contributed by atoms with Crippen LogP contribution in [0.15, 0.2) is 63.8 Å². The van der Waals surface area contributed by atoms with Gasteiger partial charge in [0.1, 0.15) is 11.3 Å². The first kappa shape index (κ1) is 28.3. The second-order valence-electron chi connectivity index (χ2n) is 10.6. The molecule has 1 amide bonds. The van der Waals surface area contributed by atoms with Gasteiger partial charge in [-0.1, -0.05) is 44.0 Å². The zero-order chi connectivity index (χ0) is 29.1. The lowest BCUT2D eigenvalue weighted by Gasteiger charge is -2.25. The van der Waals surface area contributed by atoms with Gasteiger partial charge >= 0.3 is 0 Å². The molecule has 7 nitrogen and oxygen atoms in total. The molecule has 0 saturated carbocycles. The molecular formula is C34H37NO6. The van der Waals surface area contributed by atoms with Crippen molar-refractivity contribution in [2.45, 2.75) is 52.5 Å². The van der Waals surface area contributed by atoms with Crippen LogP contribution >= 0.6 is 0 Å². The number of fused-ring (bicyclic) bond motifs is 2. The number of rotatable bonds is 11. The average Bonchev–Trinajstić information content (AvgIpc) is 3.25. The van der Waals surface area contributed by atoms with Crippen molar-refractivity contribution in [3.05, 3.63) is 98.4 Å². The molecule has 1 aliphatic rings. The van der Waals surface area contributed by atoms with Crippen molar-refractivity contribution >= 4 is 16.9 Å². The number of amides is 1. The predicted octanol–water partition coefficient (Wildman–Crippen LogP) is 6.78. The Balaban J connectivity index is 1.57. The third-order valence-electron chi connectivity index (χ3n) is 7.69. The van der Waals surface area contributed by atoms with Crippen LogP contribution in [0.25, 0.3) is 11.0 Å². The maximum absolute atomic E-state index is 14.1. The van der Waals surface area contributed by atoms with Gasteiger partial charge in [0.15, 0.2) is 16.9 Å². The smallest absolute Gasteiger partial charge is 0.290 e. The van der Waals surface area contributed by atoms with Crippen LogP contribution in [-0.2, 0) is 6.42 Å². The first-order valence-corrected chi connectivity index (χ1v) is 14.2. The van der Waals surface area contributed by atoms with Crippen LogP contribution in [0.2, 0.25) is 0 Å². The van der Waals surface area contributed by atoms with E-state index in [1.807, 2.05) is 68.4 Å². The number of aryl methyl sites for hydroxylation is 2. The van der Waals surface area contributed by atoms with Gasteiger partial charge in [-0.05, 0) is 79.3 Å². The zero-order valence-corrected chi connectivity index (χ0v) is 24.4. The number of carbonyl (C=O) groups is 1. The van der Waals surface area contributed by atoms with E-state index in [-0.39, 0.29) is 17.1 Å². The van der Waals surface area contributed by atoms with Gasteiger partial charge in [0.05, 0.1) is 37.8 Å². The van der Waals surface area contributed by atoms with Gasteiger partial charge in [-0.15, -0.1) is 0 Å². The highest BCUT2D eigenvalue weighted by atomic mass is 16.5. The minimum atomic E-state index is -0.599. The molecule has 0 aliphatic carbocycles. The molecule has 41 heavy (non-hydrogen) atoms. The van der Waals surface area contributed by atoms with E-state index in [0.29, 0.717) is 47.6 Å². The van der Waals surface area contributed by atoms with Crippen molar-refractivity contribution in [1.82, 2.24) is 4.90 Å². The molecule has 1 aliphatic heterocycles. The van der Waals surface area contributed by atoms with Crippen molar-refractivity contribution in [3.63, 3.8) is 0 Å². The molecular weight excluding hydrogens is 518 g/mol. The normalized spacial score (nSPS) is 14.4. The Morgan fingerprint density at radius 3 is 2.49 bits per heavy atom. The van der Waals surface area contributed by atoms with E-state index in [1.54, 1.807) is 19.1 Å². The van der Waals surface area contributed by atoms with Crippen LogP contribution < -0.4 is 19.6 Å². The van der Waals surface area contributed by atoms with Gasteiger partial charge in [0, 0.05) is 6.54 Å². The molecule has 0 spiro atoms. The van der Waals surface area contributed by atoms with Crippen LogP contribution in [0.1, 0.15) is 70.6 Å². The fraction of sp³-hybridized carbons (Fsp3) is 0.353. The van der Waals surface area contributed by atoms with E-state index < -0.39 is 6.04 Å².